The van der Waals surface area contributed by atoms with E-state index < -0.39 is 0 Å². The van der Waals surface area contributed by atoms with Crippen molar-refractivity contribution in [2.45, 2.75) is 12.8 Å². The van der Waals surface area contributed by atoms with E-state index in [0.29, 0.717) is 29.2 Å². The van der Waals surface area contributed by atoms with Gasteiger partial charge in [-0.3, -0.25) is 9.59 Å². The Balaban J connectivity index is 1.45. The fourth-order valence-corrected chi connectivity index (χ4v) is 2.95. The fraction of sp³-hybridized carbons (Fsp3) is 0.0952. The highest BCUT2D eigenvalue weighted by Crippen LogP contribution is 2.17. The van der Waals surface area contributed by atoms with Crippen LogP contribution in [0.2, 0.25) is 0 Å². The van der Waals surface area contributed by atoms with Gasteiger partial charge in [0.05, 0.1) is 0 Å². The second kappa shape index (κ2) is 8.30. The van der Waals surface area contributed by atoms with Gasteiger partial charge in [-0.05, 0) is 35.7 Å². The first-order valence-corrected chi connectivity index (χ1v) is 9.10. The van der Waals surface area contributed by atoms with Crippen LogP contribution in [0.3, 0.4) is 0 Å². The van der Waals surface area contributed by atoms with Gasteiger partial charge in [0, 0.05) is 29.4 Å². The summed E-state index contributed by atoms with van der Waals surface area (Å²) in [5.41, 5.74) is 3.16. The average molecular weight is 386 g/mol. The molecule has 1 amide bonds. The number of aromatic nitrogens is 5. The Morgan fingerprint density at radius 2 is 1.76 bits per heavy atom. The van der Waals surface area contributed by atoms with Gasteiger partial charge in [0.1, 0.15) is 0 Å². The van der Waals surface area contributed by atoms with Gasteiger partial charge in [-0.2, -0.15) is 5.21 Å². The minimum atomic E-state index is -0.340. The van der Waals surface area contributed by atoms with Crippen LogP contribution in [0.5, 0.6) is 0 Å². The van der Waals surface area contributed by atoms with Gasteiger partial charge in [0.25, 0.3) is 5.91 Å². The van der Waals surface area contributed by atoms with Crippen molar-refractivity contribution in [3.63, 3.8) is 0 Å². The largest absolute Gasteiger partial charge is 0.322 e. The van der Waals surface area contributed by atoms with Crippen molar-refractivity contribution in [3.8, 4) is 11.3 Å². The monoisotopic (exact) mass is 386 g/mol. The van der Waals surface area contributed by atoms with Gasteiger partial charge in [-0.15, -0.1) is 10.2 Å². The number of carbonyl (C=O) groups is 1. The zero-order chi connectivity index (χ0) is 20.1. The van der Waals surface area contributed by atoms with E-state index in [1.807, 2.05) is 54.6 Å². The second-order valence-electron chi connectivity index (χ2n) is 6.49. The molecule has 29 heavy (non-hydrogen) atoms. The maximum Gasteiger partial charge on any atom is 0.255 e. The zero-order valence-electron chi connectivity index (χ0n) is 15.4. The molecule has 0 aliphatic heterocycles. The highest BCUT2D eigenvalue weighted by Gasteiger charge is 2.10. The Labute approximate surface area is 166 Å². The molecular formula is C21H18N6O2. The molecule has 4 rings (SSSR count). The maximum absolute atomic E-state index is 12.6. The van der Waals surface area contributed by atoms with Gasteiger partial charge in [0.2, 0.25) is 5.56 Å². The number of benzene rings is 2. The van der Waals surface area contributed by atoms with Gasteiger partial charge < -0.3 is 10.3 Å². The number of carbonyl (C=O) groups excluding carboxylic acids is 1. The van der Waals surface area contributed by atoms with Crippen LogP contribution in [-0.2, 0) is 12.8 Å². The van der Waals surface area contributed by atoms with Gasteiger partial charge in [0.15, 0.2) is 5.82 Å². The first kappa shape index (κ1) is 18.3. The van der Waals surface area contributed by atoms with Crippen LogP contribution in [0.15, 0.2) is 71.5 Å². The van der Waals surface area contributed by atoms with E-state index in [2.05, 4.69) is 30.9 Å². The number of anilines is 1. The lowest BCUT2D eigenvalue weighted by Crippen LogP contribution is -2.16. The van der Waals surface area contributed by atoms with Crippen molar-refractivity contribution in [2.24, 2.45) is 0 Å². The average Bonchev–Trinajstić information content (AvgIpc) is 3.27. The molecule has 8 heteroatoms. The van der Waals surface area contributed by atoms with Gasteiger partial charge >= 0.3 is 0 Å². The summed E-state index contributed by atoms with van der Waals surface area (Å²) in [6.45, 7) is 0. The van der Waals surface area contributed by atoms with Gasteiger partial charge in [-0.1, -0.05) is 47.7 Å². The lowest BCUT2D eigenvalue weighted by atomic mass is 10.1. The van der Waals surface area contributed by atoms with E-state index in [4.69, 9.17) is 0 Å². The Hall–Kier alpha value is -4.07. The van der Waals surface area contributed by atoms with Crippen molar-refractivity contribution in [1.82, 2.24) is 25.6 Å². The molecule has 0 spiro atoms. The topological polar surface area (TPSA) is 116 Å². The molecule has 0 bridgehead atoms. The maximum atomic E-state index is 12.6. The van der Waals surface area contributed by atoms with E-state index in [1.165, 1.54) is 6.07 Å². The zero-order valence-corrected chi connectivity index (χ0v) is 15.4. The predicted molar refractivity (Wildman–Crippen MR) is 108 cm³/mol. The summed E-state index contributed by atoms with van der Waals surface area (Å²) >= 11 is 0. The van der Waals surface area contributed by atoms with E-state index in [0.717, 1.165) is 17.5 Å². The van der Waals surface area contributed by atoms with E-state index >= 15 is 0 Å². The summed E-state index contributed by atoms with van der Waals surface area (Å²) in [6.07, 6.45) is 1.44. The van der Waals surface area contributed by atoms with Crippen molar-refractivity contribution in [2.75, 3.05) is 5.32 Å². The van der Waals surface area contributed by atoms with E-state index in [9.17, 15) is 9.59 Å². The first-order chi connectivity index (χ1) is 14.2. The number of aromatic amines is 2. The van der Waals surface area contributed by atoms with Crippen LogP contribution >= 0.6 is 0 Å². The highest BCUT2D eigenvalue weighted by molar-refractivity contribution is 6.04. The number of H-pyrrole nitrogens is 2. The molecule has 0 fully saturated rings. The minimum absolute atomic E-state index is 0.300. The number of rotatable bonds is 6. The number of amides is 1. The summed E-state index contributed by atoms with van der Waals surface area (Å²) in [4.78, 5) is 27.4. The molecule has 3 N–H and O–H groups in total. The third-order valence-corrected chi connectivity index (χ3v) is 4.43. The van der Waals surface area contributed by atoms with Crippen LogP contribution in [0.25, 0.3) is 11.3 Å². The summed E-state index contributed by atoms with van der Waals surface area (Å²) in [6, 6.07) is 19.9. The van der Waals surface area contributed by atoms with Crippen molar-refractivity contribution in [1.29, 1.82) is 0 Å². The lowest BCUT2D eigenvalue weighted by molar-refractivity contribution is 0.102. The number of nitrogens with one attached hydrogen (secondary N) is 3. The SMILES string of the molecule is O=C(Nc1ccc(CCc2nn[nH]n2)cc1)c1cc(-c2ccccc2)[nH]c(=O)c1. The van der Waals surface area contributed by atoms with Crippen LogP contribution in [0.4, 0.5) is 5.69 Å². The number of tetrazole rings is 1. The molecule has 0 saturated heterocycles. The summed E-state index contributed by atoms with van der Waals surface area (Å²) in [5, 5.41) is 16.6. The number of aryl methyl sites for hydroxylation is 2. The quantitative estimate of drug-likeness (QED) is 0.471. The van der Waals surface area contributed by atoms with Crippen LogP contribution < -0.4 is 10.9 Å². The molecule has 0 saturated carbocycles. The third kappa shape index (κ3) is 4.62. The molecule has 2 aromatic heterocycles. The van der Waals surface area contributed by atoms with Crippen LogP contribution in [0.1, 0.15) is 21.7 Å². The molecule has 0 aliphatic carbocycles. The molecule has 8 nitrogen and oxygen atoms in total. The molecule has 2 aromatic carbocycles. The third-order valence-electron chi connectivity index (χ3n) is 4.43. The standard InChI is InChI=1S/C21H18N6O2/c28-20-13-16(12-18(23-20)15-4-2-1-3-5-15)21(29)22-17-9-6-14(7-10-17)8-11-19-24-26-27-25-19/h1-7,9-10,12-13H,8,11H2,(H,22,29)(H,23,28)(H,24,25,26,27). The molecule has 0 atom stereocenters. The first-order valence-electron chi connectivity index (χ1n) is 9.10. The Bertz CT molecular complexity index is 1150. The van der Waals surface area contributed by atoms with Crippen molar-refractivity contribution < 1.29 is 4.79 Å². The number of nitrogens with zero attached hydrogens (tertiary/aromatic N) is 3. The molecule has 2 heterocycles. The lowest BCUT2D eigenvalue weighted by Gasteiger charge is -2.08. The number of hydrogen-bond acceptors (Lipinski definition) is 5. The summed E-state index contributed by atoms with van der Waals surface area (Å²) in [7, 11) is 0. The molecule has 4 aromatic rings. The summed E-state index contributed by atoms with van der Waals surface area (Å²) < 4.78 is 0. The van der Waals surface area contributed by atoms with Gasteiger partial charge in [-0.25, -0.2) is 0 Å². The Morgan fingerprint density at radius 3 is 2.48 bits per heavy atom. The van der Waals surface area contributed by atoms with E-state index in [-0.39, 0.29) is 11.5 Å². The van der Waals surface area contributed by atoms with E-state index in [1.54, 1.807) is 6.07 Å². The van der Waals surface area contributed by atoms with Crippen molar-refractivity contribution in [3.05, 3.63) is 94.0 Å². The minimum Gasteiger partial charge on any atom is -0.322 e. The molecule has 0 aliphatic rings. The molecule has 0 unspecified atom stereocenters. The highest BCUT2D eigenvalue weighted by atomic mass is 16.2. The van der Waals surface area contributed by atoms with Crippen molar-refractivity contribution >= 4 is 11.6 Å². The number of pyridine rings is 1. The Kier molecular flexibility index (Phi) is 5.24. The predicted octanol–water partition coefficient (Wildman–Crippen LogP) is 2.59. The smallest absolute Gasteiger partial charge is 0.255 e. The molecular weight excluding hydrogens is 368 g/mol. The molecule has 0 radical (unpaired) electrons. The number of hydrogen-bond donors (Lipinski definition) is 3. The molecule has 144 valence electrons. The summed E-state index contributed by atoms with van der Waals surface area (Å²) in [5.74, 6) is 0.318. The van der Waals surface area contributed by atoms with Crippen LogP contribution in [-0.4, -0.2) is 31.5 Å². The fourth-order valence-electron chi connectivity index (χ4n) is 2.95. The Morgan fingerprint density at radius 1 is 0.966 bits per heavy atom. The second-order valence-corrected chi connectivity index (χ2v) is 6.49. The van der Waals surface area contributed by atoms with Crippen LogP contribution in [0, 0.1) is 0 Å². The normalized spacial score (nSPS) is 10.6.